The Bertz CT molecular complexity index is 3310. The highest BCUT2D eigenvalue weighted by Crippen LogP contribution is 2.53. The molecule has 0 fully saturated rings. The zero-order valence-electron chi connectivity index (χ0n) is 48.1. The fraction of sp³-hybridized carbons (Fsp3) is 0.400. The Morgan fingerprint density at radius 2 is 0.836 bits per heavy atom. The van der Waals surface area contributed by atoms with Gasteiger partial charge in [-0.25, -0.2) is 0 Å². The molecular weight excluding hydrogens is 880 g/mol. The summed E-state index contributed by atoms with van der Waals surface area (Å²) in [5.41, 5.74) is 26.2. The van der Waals surface area contributed by atoms with Crippen LogP contribution in [0.15, 0.2) is 133 Å². The van der Waals surface area contributed by atoms with Crippen LogP contribution >= 0.6 is 0 Å². The van der Waals surface area contributed by atoms with Gasteiger partial charge in [0.25, 0.3) is 6.71 Å². The monoisotopic (exact) mass is 963 g/mol. The van der Waals surface area contributed by atoms with Crippen molar-refractivity contribution in [1.29, 1.82) is 0 Å². The number of hydrogen-bond donors (Lipinski definition) is 0. The average molecular weight is 963 g/mol. The third kappa shape index (κ3) is 8.89. The van der Waals surface area contributed by atoms with Crippen molar-refractivity contribution >= 4 is 57.2 Å². The number of fused-ring (bicyclic) bond motifs is 5. The van der Waals surface area contributed by atoms with E-state index in [1.807, 2.05) is 0 Å². The highest BCUT2D eigenvalue weighted by molar-refractivity contribution is 7.00. The van der Waals surface area contributed by atoms with Crippen molar-refractivity contribution < 1.29 is 0 Å². The molecule has 0 spiro atoms. The molecule has 2 heterocycles. The number of anilines is 6. The molecule has 10 rings (SSSR count). The second-order valence-electron chi connectivity index (χ2n) is 28.7. The lowest BCUT2D eigenvalue weighted by molar-refractivity contribution is 0.332. The summed E-state index contributed by atoms with van der Waals surface area (Å²) >= 11 is 0. The van der Waals surface area contributed by atoms with Crippen molar-refractivity contribution in [2.75, 3.05) is 9.80 Å². The Balaban J connectivity index is 1.34. The molecule has 3 heteroatoms. The molecule has 2 aliphatic heterocycles. The molecule has 0 radical (unpaired) electrons. The van der Waals surface area contributed by atoms with Gasteiger partial charge in [-0.05, 0) is 177 Å². The van der Waals surface area contributed by atoms with Gasteiger partial charge in [0.05, 0.1) is 5.69 Å². The largest absolute Gasteiger partial charge is 0.311 e. The lowest BCUT2D eigenvalue weighted by atomic mass is 9.33. The van der Waals surface area contributed by atoms with Crippen LogP contribution in [0, 0.1) is 0 Å². The lowest BCUT2D eigenvalue weighted by Gasteiger charge is -2.48. The Labute approximate surface area is 441 Å². The summed E-state index contributed by atoms with van der Waals surface area (Å²) in [7, 11) is 0. The molecule has 73 heavy (non-hydrogen) atoms. The quantitative estimate of drug-likeness (QED) is 0.162. The third-order valence-electron chi connectivity index (χ3n) is 17.1. The van der Waals surface area contributed by atoms with Crippen LogP contribution in [0.2, 0.25) is 0 Å². The van der Waals surface area contributed by atoms with Crippen LogP contribution < -0.4 is 26.2 Å². The molecular formula is C70H83BN2. The first-order valence-corrected chi connectivity index (χ1v) is 27.4. The Kier molecular flexibility index (Phi) is 11.7. The predicted octanol–water partition coefficient (Wildman–Crippen LogP) is 17.9. The Morgan fingerprint density at radius 1 is 0.356 bits per heavy atom. The first-order chi connectivity index (χ1) is 33.8. The summed E-state index contributed by atoms with van der Waals surface area (Å²) < 4.78 is 0. The molecule has 0 amide bonds. The van der Waals surface area contributed by atoms with Gasteiger partial charge >= 0.3 is 0 Å². The lowest BCUT2D eigenvalue weighted by Crippen LogP contribution is -2.62. The van der Waals surface area contributed by atoms with E-state index in [9.17, 15) is 0 Å². The second kappa shape index (κ2) is 16.9. The van der Waals surface area contributed by atoms with Crippen molar-refractivity contribution in [1.82, 2.24) is 0 Å². The Morgan fingerprint density at radius 3 is 1.44 bits per heavy atom. The first-order valence-electron chi connectivity index (χ1n) is 27.4. The summed E-state index contributed by atoms with van der Waals surface area (Å²) in [5, 5.41) is 0. The summed E-state index contributed by atoms with van der Waals surface area (Å²) in [4.78, 5) is 5.37. The van der Waals surface area contributed by atoms with Crippen LogP contribution in [0.1, 0.15) is 183 Å². The van der Waals surface area contributed by atoms with E-state index in [1.54, 1.807) is 0 Å². The highest BCUT2D eigenvalue weighted by atomic mass is 15.2. The van der Waals surface area contributed by atoms with Crippen molar-refractivity contribution in [3.8, 4) is 22.3 Å². The van der Waals surface area contributed by atoms with E-state index in [2.05, 4.69) is 275 Å². The van der Waals surface area contributed by atoms with Gasteiger partial charge in [-0.1, -0.05) is 210 Å². The standard InChI is InChI=1S/C70H83BN2/c1-64(2,3)47-28-26-44(27-29-47)45-22-20-23-46(36-45)53-38-49(66(7,8)9)31-33-58(53)73-60-43-55-54(69(16,17)34-35-70(55,18)19)42-57(60)71-56-32-30-50(67(10,11)12)39-59(56)72(52-25-21-24-48(37-52)65(4,5)6)61-40-51(68(13,14)15)41-62(73)63(61)71/h20-33,36-43H,34-35H2,1-19H3. The Hall–Kier alpha value is -5.80. The van der Waals surface area contributed by atoms with Gasteiger partial charge in [-0.2, -0.15) is 0 Å². The van der Waals surface area contributed by atoms with Crippen LogP contribution in [0.5, 0.6) is 0 Å². The topological polar surface area (TPSA) is 6.48 Å². The van der Waals surface area contributed by atoms with Gasteiger partial charge < -0.3 is 9.80 Å². The minimum atomic E-state index is -0.142. The van der Waals surface area contributed by atoms with E-state index in [0.717, 1.165) is 12.8 Å². The fourth-order valence-corrected chi connectivity index (χ4v) is 12.1. The van der Waals surface area contributed by atoms with E-state index in [4.69, 9.17) is 0 Å². The minimum Gasteiger partial charge on any atom is -0.311 e. The average Bonchev–Trinajstić information content (AvgIpc) is 3.31. The van der Waals surface area contributed by atoms with E-state index in [-0.39, 0.29) is 44.6 Å². The predicted molar refractivity (Wildman–Crippen MR) is 320 cm³/mol. The summed E-state index contributed by atoms with van der Waals surface area (Å²) in [6.07, 6.45) is 2.31. The smallest absolute Gasteiger partial charge is 0.252 e. The van der Waals surface area contributed by atoms with E-state index in [1.165, 1.54) is 112 Å². The van der Waals surface area contributed by atoms with Crippen molar-refractivity contribution in [3.05, 3.63) is 172 Å². The summed E-state index contributed by atoms with van der Waals surface area (Å²) in [6.45, 7) is 45.2. The van der Waals surface area contributed by atoms with Gasteiger partial charge in [0.1, 0.15) is 0 Å². The molecule has 0 saturated carbocycles. The molecule has 0 bridgehead atoms. The van der Waals surface area contributed by atoms with Gasteiger partial charge in [0.2, 0.25) is 0 Å². The maximum absolute atomic E-state index is 2.72. The number of nitrogens with zero attached hydrogens (tertiary/aromatic N) is 2. The first kappa shape index (κ1) is 50.7. The van der Waals surface area contributed by atoms with Crippen LogP contribution in [0.3, 0.4) is 0 Å². The van der Waals surface area contributed by atoms with Crippen molar-refractivity contribution in [2.45, 2.75) is 182 Å². The summed E-state index contributed by atoms with van der Waals surface area (Å²) in [6, 6.07) is 53.4. The normalized spacial score (nSPS) is 16.2. The molecule has 0 N–H and O–H groups in total. The van der Waals surface area contributed by atoms with E-state index in [0.29, 0.717) is 0 Å². The van der Waals surface area contributed by atoms with Crippen LogP contribution in [-0.2, 0) is 37.9 Å². The highest BCUT2D eigenvalue weighted by Gasteiger charge is 2.47. The van der Waals surface area contributed by atoms with Crippen molar-refractivity contribution in [2.24, 2.45) is 0 Å². The number of hydrogen-bond acceptors (Lipinski definition) is 2. The zero-order valence-corrected chi connectivity index (χ0v) is 48.1. The SMILES string of the molecule is CC(C)(C)c1ccc(-c2cccc(-c3cc(C(C)(C)C)ccc3N3c4cc5c(cc4B4c6ccc(C(C)(C)C)cc6N(c6cccc(C(C)(C)C)c6)c6cc(C(C)(C)C)cc3c64)C(C)(C)CCC5(C)C)c2)cc1. The van der Waals surface area contributed by atoms with Crippen LogP contribution in [-0.4, -0.2) is 6.71 Å². The van der Waals surface area contributed by atoms with Gasteiger partial charge in [0.15, 0.2) is 0 Å². The molecule has 7 aromatic carbocycles. The molecule has 7 aromatic rings. The van der Waals surface area contributed by atoms with Gasteiger partial charge in [-0.15, -0.1) is 0 Å². The van der Waals surface area contributed by atoms with Gasteiger partial charge in [-0.3, -0.25) is 0 Å². The molecule has 0 atom stereocenters. The van der Waals surface area contributed by atoms with E-state index >= 15 is 0 Å². The molecule has 1 aliphatic carbocycles. The van der Waals surface area contributed by atoms with Crippen LogP contribution in [0.25, 0.3) is 22.3 Å². The second-order valence-corrected chi connectivity index (χ2v) is 28.7. The number of benzene rings is 7. The maximum atomic E-state index is 2.72. The molecule has 0 unspecified atom stereocenters. The maximum Gasteiger partial charge on any atom is 0.252 e. The molecule has 376 valence electrons. The van der Waals surface area contributed by atoms with Crippen LogP contribution in [0.4, 0.5) is 34.1 Å². The van der Waals surface area contributed by atoms with E-state index < -0.39 is 0 Å². The molecule has 2 nitrogen and oxygen atoms in total. The fourth-order valence-electron chi connectivity index (χ4n) is 12.1. The summed E-state index contributed by atoms with van der Waals surface area (Å²) in [5.74, 6) is 0. The van der Waals surface area contributed by atoms with Crippen molar-refractivity contribution in [3.63, 3.8) is 0 Å². The molecule has 0 saturated heterocycles. The minimum absolute atomic E-state index is 0.0131. The van der Waals surface area contributed by atoms with Gasteiger partial charge in [0, 0.05) is 34.0 Å². The molecule has 3 aliphatic rings. The zero-order chi connectivity index (χ0) is 52.7. The third-order valence-corrected chi connectivity index (χ3v) is 17.1. The number of rotatable bonds is 4. The molecule has 0 aromatic heterocycles.